The Balaban J connectivity index is 3.01. The third-order valence-electron chi connectivity index (χ3n) is 1.67. The fourth-order valence-corrected chi connectivity index (χ4v) is 0.884. The normalized spacial score (nSPS) is 9.92. The summed E-state index contributed by atoms with van der Waals surface area (Å²) in [4.78, 5) is 10.7. The van der Waals surface area contributed by atoms with Crippen molar-refractivity contribution in [1.29, 1.82) is 0 Å². The summed E-state index contributed by atoms with van der Waals surface area (Å²) >= 11 is 0. The second kappa shape index (κ2) is 2.84. The van der Waals surface area contributed by atoms with Gasteiger partial charge in [-0.15, -0.1) is 0 Å². The van der Waals surface area contributed by atoms with Gasteiger partial charge in [-0.1, -0.05) is 0 Å². The van der Waals surface area contributed by atoms with E-state index in [1.165, 1.54) is 6.92 Å². The van der Waals surface area contributed by atoms with Crippen LogP contribution in [0.2, 0.25) is 0 Å². The fraction of sp³-hybridized carbons (Fsp3) is 0.429. The number of rotatable bonds is 1. The van der Waals surface area contributed by atoms with E-state index in [9.17, 15) is 4.79 Å². The van der Waals surface area contributed by atoms with Gasteiger partial charge in [0.2, 0.25) is 5.91 Å². The molecule has 0 aromatic carbocycles. The van der Waals surface area contributed by atoms with Crippen LogP contribution in [0.3, 0.4) is 0 Å². The highest BCUT2D eigenvalue weighted by Crippen LogP contribution is 2.19. The Hall–Kier alpha value is -1.52. The molecule has 1 amide bonds. The van der Waals surface area contributed by atoms with Gasteiger partial charge < -0.3 is 11.1 Å². The van der Waals surface area contributed by atoms with E-state index in [-0.39, 0.29) is 5.91 Å². The number of aryl methyl sites for hydroxylation is 1. The molecule has 1 aromatic rings. The van der Waals surface area contributed by atoms with Crippen LogP contribution in [-0.2, 0) is 11.8 Å². The Morgan fingerprint density at radius 2 is 2.25 bits per heavy atom. The zero-order valence-corrected chi connectivity index (χ0v) is 7.38. The monoisotopic (exact) mass is 168 g/mol. The second-order valence-electron chi connectivity index (χ2n) is 2.65. The number of carbonyl (C=O) groups excluding carboxylic acids is 1. The molecule has 0 unspecified atom stereocenters. The highest BCUT2D eigenvalue weighted by molar-refractivity contribution is 5.91. The molecule has 0 aliphatic heterocycles. The fourth-order valence-electron chi connectivity index (χ4n) is 0.884. The van der Waals surface area contributed by atoms with Gasteiger partial charge in [0.05, 0.1) is 11.4 Å². The Morgan fingerprint density at radius 3 is 2.58 bits per heavy atom. The molecule has 0 fully saturated rings. The van der Waals surface area contributed by atoms with Crippen LogP contribution in [0, 0.1) is 6.92 Å². The summed E-state index contributed by atoms with van der Waals surface area (Å²) in [5, 5.41) is 6.55. The molecule has 3 N–H and O–H groups in total. The number of hydrogen-bond donors (Lipinski definition) is 2. The van der Waals surface area contributed by atoms with Gasteiger partial charge >= 0.3 is 0 Å². The number of anilines is 2. The second-order valence-corrected chi connectivity index (χ2v) is 2.65. The molecule has 5 nitrogen and oxygen atoms in total. The predicted molar refractivity (Wildman–Crippen MR) is 46.7 cm³/mol. The molecule has 0 aliphatic rings. The van der Waals surface area contributed by atoms with Gasteiger partial charge in [-0.2, -0.15) is 5.10 Å². The van der Waals surface area contributed by atoms with Gasteiger partial charge in [-0.05, 0) is 6.92 Å². The van der Waals surface area contributed by atoms with Gasteiger partial charge in [-0.3, -0.25) is 9.48 Å². The Labute approximate surface area is 70.5 Å². The molecule has 1 heterocycles. The average molecular weight is 168 g/mol. The van der Waals surface area contributed by atoms with Gasteiger partial charge in [0.1, 0.15) is 0 Å². The highest BCUT2D eigenvalue weighted by atomic mass is 16.1. The minimum atomic E-state index is -0.167. The average Bonchev–Trinajstić information content (AvgIpc) is 2.17. The number of nitrogens with one attached hydrogen (secondary N) is 1. The van der Waals surface area contributed by atoms with Crippen molar-refractivity contribution >= 4 is 17.4 Å². The van der Waals surface area contributed by atoms with Crippen LogP contribution in [0.25, 0.3) is 0 Å². The van der Waals surface area contributed by atoms with Crippen LogP contribution >= 0.6 is 0 Å². The standard InChI is InChI=1S/C7H12N4O/c1-4-6(8)7(9-5(2)12)10-11(4)3/h8H2,1-3H3,(H,9,10,12). The molecule has 1 aromatic heterocycles. The van der Waals surface area contributed by atoms with Crippen molar-refractivity contribution in [3.63, 3.8) is 0 Å². The van der Waals surface area contributed by atoms with Crippen molar-refractivity contribution in [2.75, 3.05) is 11.1 Å². The van der Waals surface area contributed by atoms with Crippen molar-refractivity contribution in [1.82, 2.24) is 9.78 Å². The molecular formula is C7H12N4O. The van der Waals surface area contributed by atoms with E-state index in [1.807, 2.05) is 6.92 Å². The maximum absolute atomic E-state index is 10.7. The van der Waals surface area contributed by atoms with Gasteiger partial charge in [-0.25, -0.2) is 0 Å². The first-order valence-electron chi connectivity index (χ1n) is 3.59. The van der Waals surface area contributed by atoms with Crippen LogP contribution in [0.4, 0.5) is 11.5 Å². The van der Waals surface area contributed by atoms with Crippen molar-refractivity contribution < 1.29 is 4.79 Å². The number of aromatic nitrogens is 2. The summed E-state index contributed by atoms with van der Waals surface area (Å²) in [5.74, 6) is 0.266. The molecule has 66 valence electrons. The van der Waals surface area contributed by atoms with Crippen molar-refractivity contribution in [2.24, 2.45) is 7.05 Å². The van der Waals surface area contributed by atoms with E-state index in [0.29, 0.717) is 11.5 Å². The van der Waals surface area contributed by atoms with Crippen molar-refractivity contribution in [3.05, 3.63) is 5.69 Å². The first-order chi connectivity index (χ1) is 5.52. The lowest BCUT2D eigenvalue weighted by Crippen LogP contribution is -2.08. The predicted octanol–water partition coefficient (Wildman–Crippen LogP) is 0.269. The molecule has 0 spiro atoms. The smallest absolute Gasteiger partial charge is 0.222 e. The van der Waals surface area contributed by atoms with E-state index in [2.05, 4.69) is 10.4 Å². The number of amides is 1. The molecular weight excluding hydrogens is 156 g/mol. The lowest BCUT2D eigenvalue weighted by molar-refractivity contribution is -0.114. The van der Waals surface area contributed by atoms with Crippen LogP contribution in [0.15, 0.2) is 0 Å². The van der Waals surface area contributed by atoms with E-state index in [4.69, 9.17) is 5.73 Å². The van der Waals surface area contributed by atoms with E-state index in [1.54, 1.807) is 11.7 Å². The Morgan fingerprint density at radius 1 is 1.67 bits per heavy atom. The maximum Gasteiger partial charge on any atom is 0.222 e. The summed E-state index contributed by atoms with van der Waals surface area (Å²) in [6.07, 6.45) is 0. The molecule has 5 heteroatoms. The van der Waals surface area contributed by atoms with Crippen LogP contribution in [0.1, 0.15) is 12.6 Å². The third kappa shape index (κ3) is 1.39. The summed E-state index contributed by atoms with van der Waals surface area (Å²) in [7, 11) is 1.77. The van der Waals surface area contributed by atoms with Crippen LogP contribution in [-0.4, -0.2) is 15.7 Å². The minimum absolute atomic E-state index is 0.167. The number of hydrogen-bond acceptors (Lipinski definition) is 3. The number of nitrogens with two attached hydrogens (primary N) is 1. The maximum atomic E-state index is 10.7. The van der Waals surface area contributed by atoms with E-state index >= 15 is 0 Å². The third-order valence-corrected chi connectivity index (χ3v) is 1.67. The molecule has 0 atom stereocenters. The molecule has 0 radical (unpaired) electrons. The van der Waals surface area contributed by atoms with E-state index < -0.39 is 0 Å². The number of nitrogens with zero attached hydrogens (tertiary/aromatic N) is 2. The summed E-state index contributed by atoms with van der Waals surface area (Å²) in [5.41, 5.74) is 7.02. The summed E-state index contributed by atoms with van der Waals surface area (Å²) in [6.45, 7) is 3.26. The molecule has 0 saturated heterocycles. The Bertz CT molecular complexity index is 315. The largest absolute Gasteiger partial charge is 0.394 e. The van der Waals surface area contributed by atoms with Crippen molar-refractivity contribution in [2.45, 2.75) is 13.8 Å². The number of carbonyl (C=O) groups is 1. The first kappa shape index (κ1) is 8.58. The minimum Gasteiger partial charge on any atom is -0.394 e. The molecule has 1 rings (SSSR count). The van der Waals surface area contributed by atoms with Gasteiger partial charge in [0.15, 0.2) is 5.82 Å². The van der Waals surface area contributed by atoms with Crippen LogP contribution < -0.4 is 11.1 Å². The lowest BCUT2D eigenvalue weighted by atomic mass is 10.4. The first-order valence-corrected chi connectivity index (χ1v) is 3.59. The molecule has 0 saturated carbocycles. The SMILES string of the molecule is CC(=O)Nc1nn(C)c(C)c1N. The Kier molecular flexibility index (Phi) is 2.03. The summed E-state index contributed by atoms with van der Waals surface area (Å²) in [6, 6.07) is 0. The summed E-state index contributed by atoms with van der Waals surface area (Å²) < 4.78 is 1.63. The number of nitrogen functional groups attached to an aromatic ring is 1. The van der Waals surface area contributed by atoms with Gasteiger partial charge in [0, 0.05) is 14.0 Å². The molecule has 0 aliphatic carbocycles. The van der Waals surface area contributed by atoms with Crippen LogP contribution in [0.5, 0.6) is 0 Å². The lowest BCUT2D eigenvalue weighted by Gasteiger charge is -1.96. The topological polar surface area (TPSA) is 72.9 Å². The van der Waals surface area contributed by atoms with Crippen molar-refractivity contribution in [3.8, 4) is 0 Å². The quantitative estimate of drug-likeness (QED) is 0.632. The zero-order chi connectivity index (χ0) is 9.30. The zero-order valence-electron chi connectivity index (χ0n) is 7.38. The van der Waals surface area contributed by atoms with E-state index in [0.717, 1.165) is 5.69 Å². The molecule has 12 heavy (non-hydrogen) atoms. The highest BCUT2D eigenvalue weighted by Gasteiger charge is 2.09. The van der Waals surface area contributed by atoms with Gasteiger partial charge in [0.25, 0.3) is 0 Å². The molecule has 0 bridgehead atoms.